The summed E-state index contributed by atoms with van der Waals surface area (Å²) in [7, 11) is 0. The van der Waals surface area contributed by atoms with E-state index in [1.807, 2.05) is 0 Å². The van der Waals surface area contributed by atoms with E-state index in [9.17, 15) is 9.18 Å². The number of para-hydroxylation sites is 1. The first kappa shape index (κ1) is 15.9. The van der Waals surface area contributed by atoms with Crippen LogP contribution in [0.5, 0.6) is 0 Å². The molecule has 120 valence electrons. The molecule has 1 heterocycles. The van der Waals surface area contributed by atoms with Crippen LogP contribution in [0.15, 0.2) is 60.8 Å². The quantitative estimate of drug-likeness (QED) is 0.743. The standard InChI is InChI=1S/C17H12ClFN4O/c18-13-3-1-2-4-14(13)22-16(24)15-9-10-20-17(23-15)21-12-7-5-11(19)6-8-12/h1-10H,(H,22,24)(H,20,21,23). The molecule has 7 heteroatoms. The Bertz CT molecular complexity index is 870. The maximum atomic E-state index is 12.9. The van der Waals surface area contributed by atoms with Crippen LogP contribution in [0.2, 0.25) is 5.02 Å². The summed E-state index contributed by atoms with van der Waals surface area (Å²) in [6.07, 6.45) is 1.46. The van der Waals surface area contributed by atoms with Gasteiger partial charge >= 0.3 is 0 Å². The molecule has 0 saturated heterocycles. The first-order valence-electron chi connectivity index (χ1n) is 7.03. The SMILES string of the molecule is O=C(Nc1ccccc1Cl)c1ccnc(Nc2ccc(F)cc2)n1. The van der Waals surface area contributed by atoms with E-state index in [0.717, 1.165) is 0 Å². The Morgan fingerprint density at radius 2 is 1.79 bits per heavy atom. The summed E-state index contributed by atoms with van der Waals surface area (Å²) < 4.78 is 12.9. The summed E-state index contributed by atoms with van der Waals surface area (Å²) in [6, 6.07) is 14.1. The second-order valence-electron chi connectivity index (χ2n) is 4.83. The molecule has 24 heavy (non-hydrogen) atoms. The number of rotatable bonds is 4. The second-order valence-corrected chi connectivity index (χ2v) is 5.24. The molecule has 0 bridgehead atoms. The van der Waals surface area contributed by atoms with E-state index in [2.05, 4.69) is 20.6 Å². The average molecular weight is 343 g/mol. The molecule has 2 N–H and O–H groups in total. The van der Waals surface area contributed by atoms with Gasteiger partial charge in [-0.2, -0.15) is 0 Å². The Labute approximate surface area is 142 Å². The van der Waals surface area contributed by atoms with E-state index in [0.29, 0.717) is 16.4 Å². The van der Waals surface area contributed by atoms with Gasteiger partial charge in [-0.3, -0.25) is 4.79 Å². The van der Waals surface area contributed by atoms with Gasteiger partial charge in [-0.05, 0) is 42.5 Å². The van der Waals surface area contributed by atoms with E-state index in [4.69, 9.17) is 11.6 Å². The van der Waals surface area contributed by atoms with Crippen molar-refractivity contribution in [3.63, 3.8) is 0 Å². The summed E-state index contributed by atoms with van der Waals surface area (Å²) in [4.78, 5) is 20.5. The number of carbonyl (C=O) groups excluding carboxylic acids is 1. The van der Waals surface area contributed by atoms with E-state index in [1.54, 1.807) is 36.4 Å². The summed E-state index contributed by atoms with van der Waals surface area (Å²) in [5, 5.41) is 6.03. The Morgan fingerprint density at radius 3 is 2.54 bits per heavy atom. The summed E-state index contributed by atoms with van der Waals surface area (Å²) >= 11 is 6.02. The van der Waals surface area contributed by atoms with Crippen LogP contribution in [0.1, 0.15) is 10.5 Å². The lowest BCUT2D eigenvalue weighted by Gasteiger charge is -2.08. The molecule has 0 aliphatic heterocycles. The summed E-state index contributed by atoms with van der Waals surface area (Å²) in [5.41, 5.74) is 1.28. The highest BCUT2D eigenvalue weighted by Gasteiger charge is 2.11. The van der Waals surface area contributed by atoms with Gasteiger partial charge in [0.2, 0.25) is 5.95 Å². The number of carbonyl (C=O) groups is 1. The normalized spacial score (nSPS) is 10.2. The third-order valence-corrected chi connectivity index (χ3v) is 3.44. The molecule has 2 aromatic carbocycles. The highest BCUT2D eigenvalue weighted by Crippen LogP contribution is 2.21. The Morgan fingerprint density at radius 1 is 1.04 bits per heavy atom. The van der Waals surface area contributed by atoms with Gasteiger partial charge in [-0.25, -0.2) is 14.4 Å². The Kier molecular flexibility index (Phi) is 4.67. The Hall–Kier alpha value is -2.99. The van der Waals surface area contributed by atoms with Crippen LogP contribution >= 0.6 is 11.6 Å². The zero-order chi connectivity index (χ0) is 16.9. The molecule has 5 nitrogen and oxygen atoms in total. The fraction of sp³-hybridized carbons (Fsp3) is 0. The van der Waals surface area contributed by atoms with Crippen molar-refractivity contribution < 1.29 is 9.18 Å². The number of hydrogen-bond acceptors (Lipinski definition) is 4. The van der Waals surface area contributed by atoms with Crippen molar-refractivity contribution in [1.29, 1.82) is 0 Å². The maximum Gasteiger partial charge on any atom is 0.274 e. The van der Waals surface area contributed by atoms with E-state index in [-0.39, 0.29) is 17.5 Å². The van der Waals surface area contributed by atoms with Crippen molar-refractivity contribution in [2.45, 2.75) is 0 Å². The van der Waals surface area contributed by atoms with Crippen LogP contribution in [0, 0.1) is 5.82 Å². The van der Waals surface area contributed by atoms with Crippen LogP contribution in [-0.2, 0) is 0 Å². The Balaban J connectivity index is 1.76. The minimum atomic E-state index is -0.410. The minimum absolute atomic E-state index is 0.175. The van der Waals surface area contributed by atoms with Crippen LogP contribution in [-0.4, -0.2) is 15.9 Å². The molecule has 0 fully saturated rings. The number of amides is 1. The number of aromatic nitrogens is 2. The molecule has 3 rings (SSSR count). The fourth-order valence-corrected chi connectivity index (χ4v) is 2.14. The van der Waals surface area contributed by atoms with E-state index in [1.165, 1.54) is 24.4 Å². The highest BCUT2D eigenvalue weighted by molar-refractivity contribution is 6.33. The predicted octanol–water partition coefficient (Wildman–Crippen LogP) is 4.27. The lowest BCUT2D eigenvalue weighted by Crippen LogP contribution is -2.15. The zero-order valence-corrected chi connectivity index (χ0v) is 13.1. The molecule has 0 saturated carbocycles. The molecule has 0 radical (unpaired) electrons. The first-order valence-corrected chi connectivity index (χ1v) is 7.41. The molecular weight excluding hydrogens is 331 g/mol. The van der Waals surface area contributed by atoms with Crippen molar-refractivity contribution in [3.05, 3.63) is 77.3 Å². The molecule has 3 aromatic rings. The smallest absolute Gasteiger partial charge is 0.274 e. The van der Waals surface area contributed by atoms with Crippen molar-refractivity contribution in [3.8, 4) is 0 Å². The maximum absolute atomic E-state index is 12.9. The molecule has 0 atom stereocenters. The average Bonchev–Trinajstić information content (AvgIpc) is 2.59. The number of anilines is 3. The zero-order valence-electron chi connectivity index (χ0n) is 12.3. The molecule has 1 amide bonds. The van der Waals surface area contributed by atoms with Crippen molar-refractivity contribution in [1.82, 2.24) is 9.97 Å². The van der Waals surface area contributed by atoms with Gasteiger partial charge in [0.15, 0.2) is 0 Å². The van der Waals surface area contributed by atoms with Crippen LogP contribution in [0.4, 0.5) is 21.7 Å². The van der Waals surface area contributed by atoms with Gasteiger partial charge in [-0.1, -0.05) is 23.7 Å². The molecule has 0 unspecified atom stereocenters. The van der Waals surface area contributed by atoms with Crippen molar-refractivity contribution in [2.75, 3.05) is 10.6 Å². The van der Waals surface area contributed by atoms with Gasteiger partial charge in [0.25, 0.3) is 5.91 Å². The first-order chi connectivity index (χ1) is 11.6. The highest BCUT2D eigenvalue weighted by atomic mass is 35.5. The van der Waals surface area contributed by atoms with Crippen molar-refractivity contribution in [2.24, 2.45) is 0 Å². The predicted molar refractivity (Wildman–Crippen MR) is 91.1 cm³/mol. The second kappa shape index (κ2) is 7.06. The van der Waals surface area contributed by atoms with Crippen LogP contribution in [0.3, 0.4) is 0 Å². The van der Waals surface area contributed by atoms with Gasteiger partial charge < -0.3 is 10.6 Å². The van der Waals surface area contributed by atoms with Crippen LogP contribution < -0.4 is 10.6 Å². The van der Waals surface area contributed by atoms with E-state index >= 15 is 0 Å². The lowest BCUT2D eigenvalue weighted by molar-refractivity contribution is 0.102. The molecule has 0 aliphatic carbocycles. The third kappa shape index (κ3) is 3.85. The monoisotopic (exact) mass is 342 g/mol. The molecular formula is C17H12ClFN4O. The van der Waals surface area contributed by atoms with Gasteiger partial charge in [0, 0.05) is 11.9 Å². The van der Waals surface area contributed by atoms with Crippen LogP contribution in [0.25, 0.3) is 0 Å². The number of nitrogens with one attached hydrogen (secondary N) is 2. The summed E-state index contributed by atoms with van der Waals surface area (Å²) in [5.74, 6) is -0.518. The molecule has 1 aromatic heterocycles. The van der Waals surface area contributed by atoms with E-state index < -0.39 is 5.91 Å². The van der Waals surface area contributed by atoms with Gasteiger partial charge in [0.05, 0.1) is 10.7 Å². The third-order valence-electron chi connectivity index (χ3n) is 3.11. The minimum Gasteiger partial charge on any atom is -0.324 e. The van der Waals surface area contributed by atoms with Gasteiger partial charge in [-0.15, -0.1) is 0 Å². The number of halogens is 2. The largest absolute Gasteiger partial charge is 0.324 e. The molecule has 0 spiro atoms. The van der Waals surface area contributed by atoms with Gasteiger partial charge in [0.1, 0.15) is 11.5 Å². The number of benzene rings is 2. The number of nitrogens with zero attached hydrogens (tertiary/aromatic N) is 2. The topological polar surface area (TPSA) is 66.9 Å². The number of hydrogen-bond donors (Lipinski definition) is 2. The van der Waals surface area contributed by atoms with Crippen molar-refractivity contribution >= 4 is 34.8 Å². The molecule has 0 aliphatic rings. The summed E-state index contributed by atoms with van der Waals surface area (Å²) in [6.45, 7) is 0. The lowest BCUT2D eigenvalue weighted by atomic mass is 10.3. The fourth-order valence-electron chi connectivity index (χ4n) is 1.96.